The van der Waals surface area contributed by atoms with E-state index in [0.717, 1.165) is 24.1 Å². The molecule has 0 aromatic heterocycles. The Labute approximate surface area is 141 Å². The fraction of sp³-hybridized carbons (Fsp3) is 0.316. The molecule has 2 aromatic carbocycles. The maximum Gasteiger partial charge on any atom is 0.191 e. The van der Waals surface area contributed by atoms with Gasteiger partial charge < -0.3 is 15.4 Å². The van der Waals surface area contributed by atoms with Gasteiger partial charge in [0.2, 0.25) is 0 Å². The Balaban J connectivity index is 2.05. The quantitative estimate of drug-likeness (QED) is 0.940. The summed E-state index contributed by atoms with van der Waals surface area (Å²) in [6, 6.07) is 13.0. The molecule has 0 aliphatic carbocycles. The number of methoxy groups -OCH3 is 1. The zero-order valence-electron chi connectivity index (χ0n) is 14.2. The number of nitrogens with zero attached hydrogens (tertiary/aromatic N) is 2. The normalized spacial score (nSPS) is 20.7. The van der Waals surface area contributed by atoms with Crippen LogP contribution in [-0.4, -0.2) is 31.6 Å². The fourth-order valence-corrected chi connectivity index (χ4v) is 3.02. The monoisotopic (exact) mass is 327 g/mol. The molecule has 0 bridgehead atoms. The van der Waals surface area contributed by atoms with Crippen LogP contribution in [0, 0.1) is 5.82 Å². The topological polar surface area (TPSA) is 50.9 Å². The Morgan fingerprint density at radius 2 is 2.00 bits per heavy atom. The minimum absolute atomic E-state index is 0.241. The van der Waals surface area contributed by atoms with Gasteiger partial charge in [-0.15, -0.1) is 0 Å². The lowest BCUT2D eigenvalue weighted by Gasteiger charge is -2.35. The molecule has 3 rings (SSSR count). The van der Waals surface area contributed by atoms with E-state index in [1.165, 1.54) is 7.11 Å². The van der Waals surface area contributed by atoms with E-state index in [0.29, 0.717) is 11.5 Å². The van der Waals surface area contributed by atoms with Crippen molar-refractivity contribution in [1.82, 2.24) is 4.90 Å². The van der Waals surface area contributed by atoms with Crippen LogP contribution in [-0.2, 0) is 5.54 Å². The van der Waals surface area contributed by atoms with E-state index in [2.05, 4.69) is 11.9 Å². The second kappa shape index (κ2) is 6.15. The average Bonchev–Trinajstić information content (AvgIpc) is 2.59. The number of hydrogen-bond acceptors (Lipinski definition) is 4. The van der Waals surface area contributed by atoms with Gasteiger partial charge in [-0.2, -0.15) is 0 Å². The average molecular weight is 327 g/mol. The zero-order chi connectivity index (χ0) is 17.3. The summed E-state index contributed by atoms with van der Waals surface area (Å²) in [6.07, 6.45) is 0.855. The molecule has 2 aromatic rings. The fourth-order valence-electron chi connectivity index (χ4n) is 3.02. The van der Waals surface area contributed by atoms with Crippen molar-refractivity contribution >= 4 is 5.96 Å². The third-order valence-electron chi connectivity index (χ3n) is 4.67. The van der Waals surface area contributed by atoms with Crippen molar-refractivity contribution in [3.8, 4) is 16.9 Å². The number of nitrogens with two attached hydrogens (primary N) is 1. The zero-order valence-corrected chi connectivity index (χ0v) is 14.2. The van der Waals surface area contributed by atoms with Gasteiger partial charge in [0.05, 0.1) is 12.6 Å². The number of ether oxygens (including phenoxy) is 1. The summed E-state index contributed by atoms with van der Waals surface area (Å²) in [7, 11) is 3.40. The first kappa shape index (κ1) is 16.3. The van der Waals surface area contributed by atoms with Gasteiger partial charge in [-0.3, -0.25) is 0 Å². The first-order valence-corrected chi connectivity index (χ1v) is 7.94. The Hall–Kier alpha value is -2.56. The van der Waals surface area contributed by atoms with E-state index in [1.54, 1.807) is 18.2 Å². The van der Waals surface area contributed by atoms with E-state index in [9.17, 15) is 4.39 Å². The molecule has 1 heterocycles. The molecule has 2 N–H and O–H groups in total. The van der Waals surface area contributed by atoms with E-state index in [-0.39, 0.29) is 11.6 Å². The van der Waals surface area contributed by atoms with Gasteiger partial charge in [-0.1, -0.05) is 30.3 Å². The lowest BCUT2D eigenvalue weighted by Crippen LogP contribution is -2.43. The van der Waals surface area contributed by atoms with Gasteiger partial charge in [-0.25, -0.2) is 9.38 Å². The Morgan fingerprint density at radius 1 is 1.25 bits per heavy atom. The van der Waals surface area contributed by atoms with E-state index >= 15 is 0 Å². The van der Waals surface area contributed by atoms with Crippen LogP contribution in [0.1, 0.15) is 18.9 Å². The number of rotatable bonds is 3. The molecule has 0 amide bonds. The van der Waals surface area contributed by atoms with Crippen LogP contribution in [0.15, 0.2) is 47.5 Å². The van der Waals surface area contributed by atoms with Crippen LogP contribution >= 0.6 is 0 Å². The third kappa shape index (κ3) is 2.82. The molecule has 1 aliphatic heterocycles. The summed E-state index contributed by atoms with van der Waals surface area (Å²) < 4.78 is 19.6. The SMILES string of the molecule is COc1cccc(-c2cccc(C3(C)CCN(C)C(N)=N3)c2)c1F. The van der Waals surface area contributed by atoms with Gasteiger partial charge in [0.15, 0.2) is 17.5 Å². The molecular formula is C19H22FN3O. The summed E-state index contributed by atoms with van der Waals surface area (Å²) in [5, 5.41) is 0. The Bertz CT molecular complexity index is 790. The van der Waals surface area contributed by atoms with Gasteiger partial charge in [0.1, 0.15) is 0 Å². The molecule has 0 saturated heterocycles. The highest BCUT2D eigenvalue weighted by Gasteiger charge is 2.31. The second-order valence-electron chi connectivity index (χ2n) is 6.32. The minimum atomic E-state index is -0.401. The lowest BCUT2D eigenvalue weighted by molar-refractivity contribution is 0.339. The van der Waals surface area contributed by atoms with Crippen LogP contribution in [0.5, 0.6) is 5.75 Å². The first-order valence-electron chi connectivity index (χ1n) is 7.94. The molecule has 126 valence electrons. The minimum Gasteiger partial charge on any atom is -0.494 e. The number of benzene rings is 2. The van der Waals surface area contributed by atoms with E-state index < -0.39 is 5.54 Å². The summed E-state index contributed by atoms with van der Waals surface area (Å²) in [6.45, 7) is 2.90. The molecule has 0 saturated carbocycles. The van der Waals surface area contributed by atoms with Crippen molar-refractivity contribution in [3.05, 3.63) is 53.8 Å². The van der Waals surface area contributed by atoms with Gasteiger partial charge in [0.25, 0.3) is 0 Å². The van der Waals surface area contributed by atoms with E-state index in [1.807, 2.05) is 36.2 Å². The maximum atomic E-state index is 14.6. The van der Waals surface area contributed by atoms with Gasteiger partial charge >= 0.3 is 0 Å². The van der Waals surface area contributed by atoms with Crippen molar-refractivity contribution in [2.75, 3.05) is 20.7 Å². The Kier molecular flexibility index (Phi) is 4.18. The molecule has 1 aliphatic rings. The molecule has 0 spiro atoms. The molecule has 1 unspecified atom stereocenters. The summed E-state index contributed by atoms with van der Waals surface area (Å²) in [5.74, 6) is 0.418. The highest BCUT2D eigenvalue weighted by Crippen LogP contribution is 2.36. The van der Waals surface area contributed by atoms with Crippen molar-refractivity contribution < 1.29 is 9.13 Å². The molecule has 1 atom stereocenters. The molecule has 24 heavy (non-hydrogen) atoms. The van der Waals surface area contributed by atoms with Crippen LogP contribution < -0.4 is 10.5 Å². The van der Waals surface area contributed by atoms with Crippen LogP contribution in [0.2, 0.25) is 0 Å². The second-order valence-corrected chi connectivity index (χ2v) is 6.32. The van der Waals surface area contributed by atoms with Gasteiger partial charge in [-0.05, 0) is 36.6 Å². The predicted octanol–water partition coefficient (Wildman–Crippen LogP) is 3.37. The number of hydrogen-bond donors (Lipinski definition) is 1. The number of halogens is 1. The standard InChI is InChI=1S/C19H22FN3O/c1-19(10-11-23(2)18(21)22-19)14-7-4-6-13(12-14)15-8-5-9-16(24-3)17(15)20/h4-9,12H,10-11H2,1-3H3,(H2,21,22). The summed E-state index contributed by atoms with van der Waals surface area (Å²) in [4.78, 5) is 6.60. The maximum absolute atomic E-state index is 14.6. The number of guanidine groups is 1. The van der Waals surface area contributed by atoms with Crippen molar-refractivity contribution in [2.45, 2.75) is 18.9 Å². The van der Waals surface area contributed by atoms with Crippen LogP contribution in [0.25, 0.3) is 11.1 Å². The van der Waals surface area contributed by atoms with Gasteiger partial charge in [0, 0.05) is 19.2 Å². The van der Waals surface area contributed by atoms with Crippen LogP contribution in [0.4, 0.5) is 4.39 Å². The van der Waals surface area contributed by atoms with Crippen molar-refractivity contribution in [2.24, 2.45) is 10.7 Å². The summed E-state index contributed by atoms with van der Waals surface area (Å²) >= 11 is 0. The Morgan fingerprint density at radius 3 is 2.71 bits per heavy atom. The highest BCUT2D eigenvalue weighted by molar-refractivity contribution is 5.79. The highest BCUT2D eigenvalue weighted by atomic mass is 19.1. The lowest BCUT2D eigenvalue weighted by atomic mass is 9.86. The summed E-state index contributed by atoms with van der Waals surface area (Å²) in [5.41, 5.74) is 7.95. The molecule has 5 heteroatoms. The molecule has 0 radical (unpaired) electrons. The molecular weight excluding hydrogens is 305 g/mol. The third-order valence-corrected chi connectivity index (χ3v) is 4.67. The number of aliphatic imine (C=N–C) groups is 1. The predicted molar refractivity (Wildman–Crippen MR) is 94.6 cm³/mol. The van der Waals surface area contributed by atoms with Crippen LogP contribution in [0.3, 0.4) is 0 Å². The van der Waals surface area contributed by atoms with Crippen molar-refractivity contribution in [3.63, 3.8) is 0 Å². The molecule has 0 fully saturated rings. The first-order chi connectivity index (χ1) is 11.4. The smallest absolute Gasteiger partial charge is 0.191 e. The molecule has 4 nitrogen and oxygen atoms in total. The van der Waals surface area contributed by atoms with E-state index in [4.69, 9.17) is 10.5 Å². The van der Waals surface area contributed by atoms with Crippen molar-refractivity contribution in [1.29, 1.82) is 0 Å². The largest absolute Gasteiger partial charge is 0.494 e.